The van der Waals surface area contributed by atoms with Gasteiger partial charge in [0.15, 0.2) is 0 Å². The minimum Gasteiger partial charge on any atom is -0.323 e. The Kier molecular flexibility index (Phi) is 4.61. The molecular weight excluding hydrogens is 192 g/mol. The van der Waals surface area contributed by atoms with Crippen molar-refractivity contribution < 1.29 is 13.8 Å². The van der Waals surface area contributed by atoms with Crippen LogP contribution in [0.3, 0.4) is 0 Å². The standard InChI is InChI=1S/C7H14N2O3S/c1-7(2,13(4)11)5-9-12-6(10)8-3/h5H,1-4H3,(H,8,10)/b9-5+/t13-/m1/s1. The van der Waals surface area contributed by atoms with Crippen LogP contribution in [0.25, 0.3) is 0 Å². The van der Waals surface area contributed by atoms with Crippen molar-refractivity contribution in [2.75, 3.05) is 13.3 Å². The fraction of sp³-hybridized carbons (Fsp3) is 0.714. The molecule has 0 aliphatic heterocycles. The Morgan fingerprint density at radius 3 is 2.54 bits per heavy atom. The summed E-state index contributed by atoms with van der Waals surface area (Å²) in [5, 5.41) is 5.63. The molecular formula is C7H14N2O3S. The van der Waals surface area contributed by atoms with Crippen LogP contribution in [0.1, 0.15) is 13.8 Å². The summed E-state index contributed by atoms with van der Waals surface area (Å²) in [4.78, 5) is 14.9. The number of amides is 1. The monoisotopic (exact) mass is 206 g/mol. The van der Waals surface area contributed by atoms with Gasteiger partial charge >= 0.3 is 6.09 Å². The molecule has 0 saturated carbocycles. The van der Waals surface area contributed by atoms with Crippen LogP contribution in [0.5, 0.6) is 0 Å². The molecule has 1 atom stereocenters. The lowest BCUT2D eigenvalue weighted by atomic mass is 10.2. The minimum absolute atomic E-state index is 0.589. The second kappa shape index (κ2) is 4.96. The third-order valence-corrected chi connectivity index (χ3v) is 3.03. The van der Waals surface area contributed by atoms with Crippen molar-refractivity contribution in [3.8, 4) is 0 Å². The van der Waals surface area contributed by atoms with E-state index >= 15 is 0 Å². The van der Waals surface area contributed by atoms with Crippen LogP contribution in [0.4, 0.5) is 4.79 Å². The topological polar surface area (TPSA) is 67.8 Å². The first-order valence-electron chi connectivity index (χ1n) is 3.67. The zero-order valence-corrected chi connectivity index (χ0v) is 8.97. The average molecular weight is 206 g/mol. The highest BCUT2D eigenvalue weighted by atomic mass is 32.2. The van der Waals surface area contributed by atoms with Gasteiger partial charge in [-0.15, -0.1) is 0 Å². The van der Waals surface area contributed by atoms with E-state index in [0.29, 0.717) is 0 Å². The van der Waals surface area contributed by atoms with E-state index in [4.69, 9.17) is 0 Å². The quantitative estimate of drug-likeness (QED) is 0.415. The van der Waals surface area contributed by atoms with Crippen LogP contribution in [-0.2, 0) is 15.6 Å². The zero-order chi connectivity index (χ0) is 10.5. The summed E-state index contributed by atoms with van der Waals surface area (Å²) in [7, 11) is 0.378. The molecule has 0 bridgehead atoms. The van der Waals surface area contributed by atoms with Crippen LogP contribution < -0.4 is 5.32 Å². The van der Waals surface area contributed by atoms with Gasteiger partial charge in [0.2, 0.25) is 0 Å². The summed E-state index contributed by atoms with van der Waals surface area (Å²) < 4.78 is 10.5. The number of rotatable bonds is 3. The molecule has 0 unspecified atom stereocenters. The Morgan fingerprint density at radius 1 is 1.62 bits per heavy atom. The van der Waals surface area contributed by atoms with E-state index in [2.05, 4.69) is 15.3 Å². The van der Waals surface area contributed by atoms with E-state index in [1.807, 2.05) is 0 Å². The molecule has 0 aliphatic rings. The van der Waals surface area contributed by atoms with Crippen LogP contribution in [0.2, 0.25) is 0 Å². The number of carbonyl (C=O) groups is 1. The van der Waals surface area contributed by atoms with Gasteiger partial charge in [0.05, 0.1) is 11.0 Å². The van der Waals surface area contributed by atoms with Gasteiger partial charge in [-0.2, -0.15) is 0 Å². The van der Waals surface area contributed by atoms with Crippen molar-refractivity contribution in [1.82, 2.24) is 5.32 Å². The van der Waals surface area contributed by atoms with Crippen molar-refractivity contribution in [2.24, 2.45) is 5.16 Å². The van der Waals surface area contributed by atoms with Gasteiger partial charge in [0, 0.05) is 24.1 Å². The molecule has 0 aromatic heterocycles. The summed E-state index contributed by atoms with van der Waals surface area (Å²) in [5.41, 5.74) is 0. The highest BCUT2D eigenvalue weighted by Crippen LogP contribution is 2.07. The lowest BCUT2D eigenvalue weighted by molar-refractivity contribution is 0.153. The molecule has 0 spiro atoms. The smallest absolute Gasteiger partial charge is 0.323 e. The van der Waals surface area contributed by atoms with Gasteiger partial charge in [-0.1, -0.05) is 5.16 Å². The van der Waals surface area contributed by atoms with Gasteiger partial charge in [0.1, 0.15) is 0 Å². The molecule has 0 radical (unpaired) electrons. The summed E-state index contributed by atoms with van der Waals surface area (Å²) in [6, 6.07) is 0. The van der Waals surface area contributed by atoms with E-state index in [1.165, 1.54) is 13.3 Å². The van der Waals surface area contributed by atoms with E-state index in [-0.39, 0.29) is 0 Å². The highest BCUT2D eigenvalue weighted by molar-refractivity contribution is 7.86. The molecule has 5 nitrogen and oxygen atoms in total. The van der Waals surface area contributed by atoms with Crippen LogP contribution >= 0.6 is 0 Å². The molecule has 13 heavy (non-hydrogen) atoms. The fourth-order valence-corrected chi connectivity index (χ4v) is 0.512. The van der Waals surface area contributed by atoms with Crippen LogP contribution in [-0.4, -0.2) is 34.6 Å². The SMILES string of the molecule is CNC(=O)O/N=C/C(C)(C)[S@@](C)=O. The molecule has 0 aromatic carbocycles. The maximum Gasteiger partial charge on any atom is 0.433 e. The second-order valence-electron chi connectivity index (χ2n) is 2.92. The van der Waals surface area contributed by atoms with E-state index in [1.54, 1.807) is 20.1 Å². The molecule has 0 heterocycles. The number of nitrogens with one attached hydrogen (secondary N) is 1. The number of hydrogen-bond donors (Lipinski definition) is 1. The van der Waals surface area contributed by atoms with Gasteiger partial charge < -0.3 is 5.32 Å². The Labute approximate surface area is 80.0 Å². The predicted molar refractivity (Wildman–Crippen MR) is 52.2 cm³/mol. The predicted octanol–water partition coefficient (Wildman–Crippen LogP) is 0.485. The molecule has 1 N–H and O–H groups in total. The van der Waals surface area contributed by atoms with Gasteiger partial charge in [-0.25, -0.2) is 4.79 Å². The first kappa shape index (κ1) is 12.1. The van der Waals surface area contributed by atoms with E-state index < -0.39 is 21.6 Å². The van der Waals surface area contributed by atoms with Gasteiger partial charge in [0.25, 0.3) is 0 Å². The maximum absolute atomic E-state index is 11.1. The molecule has 0 saturated heterocycles. The van der Waals surface area contributed by atoms with E-state index in [9.17, 15) is 9.00 Å². The number of hydrogen-bond acceptors (Lipinski definition) is 4. The Hall–Kier alpha value is -0.910. The minimum atomic E-state index is -1.05. The molecule has 6 heteroatoms. The second-order valence-corrected chi connectivity index (χ2v) is 4.88. The molecule has 0 aliphatic carbocycles. The summed E-state index contributed by atoms with van der Waals surface area (Å²) in [6.45, 7) is 3.47. The van der Waals surface area contributed by atoms with Crippen molar-refractivity contribution in [3.05, 3.63) is 0 Å². The Bertz CT molecular complexity index is 238. The molecule has 0 fully saturated rings. The average Bonchev–Trinajstić information content (AvgIpc) is 2.03. The zero-order valence-electron chi connectivity index (χ0n) is 8.16. The van der Waals surface area contributed by atoms with Crippen LogP contribution in [0, 0.1) is 0 Å². The number of oxime groups is 1. The van der Waals surface area contributed by atoms with Crippen LogP contribution in [0.15, 0.2) is 5.16 Å². The lowest BCUT2D eigenvalue weighted by Gasteiger charge is -2.13. The molecule has 0 aromatic rings. The molecule has 1 amide bonds. The lowest BCUT2D eigenvalue weighted by Crippen LogP contribution is -2.28. The Balaban J connectivity index is 4.12. The number of nitrogens with zero attached hydrogens (tertiary/aromatic N) is 1. The van der Waals surface area contributed by atoms with E-state index in [0.717, 1.165) is 0 Å². The van der Waals surface area contributed by atoms with Gasteiger partial charge in [-0.3, -0.25) is 9.05 Å². The fourth-order valence-electron chi connectivity index (χ4n) is 0.321. The summed E-state index contributed by atoms with van der Waals surface area (Å²) in [6.07, 6.45) is 2.26. The molecule has 0 rings (SSSR count). The van der Waals surface area contributed by atoms with Crippen molar-refractivity contribution in [2.45, 2.75) is 18.6 Å². The van der Waals surface area contributed by atoms with Crippen molar-refractivity contribution >= 4 is 23.1 Å². The number of carbonyl (C=O) groups excluding carboxylic acids is 1. The molecule has 76 valence electrons. The first-order chi connectivity index (χ1) is 5.90. The van der Waals surface area contributed by atoms with Crippen molar-refractivity contribution in [3.63, 3.8) is 0 Å². The van der Waals surface area contributed by atoms with Gasteiger partial charge in [-0.05, 0) is 13.8 Å². The Morgan fingerprint density at radius 2 is 2.15 bits per heavy atom. The van der Waals surface area contributed by atoms with Crippen molar-refractivity contribution in [1.29, 1.82) is 0 Å². The highest BCUT2D eigenvalue weighted by Gasteiger charge is 2.20. The summed E-state index contributed by atoms with van der Waals surface area (Å²) >= 11 is 0. The summed E-state index contributed by atoms with van der Waals surface area (Å²) in [5.74, 6) is 0. The third-order valence-electron chi connectivity index (χ3n) is 1.44. The normalized spacial score (nSPS) is 14.2. The third kappa shape index (κ3) is 4.62. The largest absolute Gasteiger partial charge is 0.433 e. The first-order valence-corrected chi connectivity index (χ1v) is 5.22. The maximum atomic E-state index is 11.1.